The average Bonchev–Trinajstić information content (AvgIpc) is 3.13. The van der Waals surface area contributed by atoms with E-state index in [1.54, 1.807) is 19.2 Å². The van der Waals surface area contributed by atoms with E-state index in [4.69, 9.17) is 4.74 Å². The Labute approximate surface area is 191 Å². The van der Waals surface area contributed by atoms with E-state index in [9.17, 15) is 18.0 Å². The summed E-state index contributed by atoms with van der Waals surface area (Å²) in [5.74, 6) is 0.594. The number of fused-ring (bicyclic) bond motifs is 1. The lowest BCUT2D eigenvalue weighted by Gasteiger charge is -2.15. The molecular weight excluding hydrogens is 500 g/mol. The first kappa shape index (κ1) is 22.0. The maximum atomic E-state index is 12.3. The Bertz CT molecular complexity index is 1470. The maximum absolute atomic E-state index is 12.3. The quantitative estimate of drug-likeness (QED) is 0.501. The number of benzene rings is 2. The number of hydrazone groups is 1. The van der Waals surface area contributed by atoms with E-state index in [1.807, 2.05) is 18.2 Å². The van der Waals surface area contributed by atoms with E-state index in [-0.39, 0.29) is 0 Å². The topological polar surface area (TPSA) is 123 Å². The number of aromatic amines is 1. The summed E-state index contributed by atoms with van der Waals surface area (Å²) < 4.78 is 30.3. The van der Waals surface area contributed by atoms with Crippen LogP contribution in [0.4, 0.5) is 0 Å². The zero-order chi connectivity index (χ0) is 23.0. The second-order valence-corrected chi connectivity index (χ2v) is 9.86. The van der Waals surface area contributed by atoms with Gasteiger partial charge in [-0.2, -0.15) is 5.10 Å². The highest BCUT2D eigenvalue weighted by Crippen LogP contribution is 2.39. The smallest absolute Gasteiger partial charge is 0.332 e. The lowest BCUT2D eigenvalue weighted by molar-refractivity contribution is 0.413. The number of hydrogen-bond acceptors (Lipinski definition) is 6. The number of H-pyrrole nitrogens is 1. The maximum Gasteiger partial charge on any atom is 0.332 e. The Hall–Kier alpha value is -3.18. The van der Waals surface area contributed by atoms with Crippen LogP contribution in [0, 0.1) is 0 Å². The molecule has 32 heavy (non-hydrogen) atoms. The molecule has 0 fully saturated rings. The fourth-order valence-electron chi connectivity index (χ4n) is 3.65. The van der Waals surface area contributed by atoms with Crippen molar-refractivity contribution in [2.45, 2.75) is 12.8 Å². The second kappa shape index (κ2) is 8.40. The number of nitrogens with one attached hydrogen (secondary N) is 2. The molecular formula is C21H19BrN4O5S. The lowest BCUT2D eigenvalue weighted by Crippen LogP contribution is -2.27. The van der Waals surface area contributed by atoms with Crippen LogP contribution in [0.2, 0.25) is 0 Å². The van der Waals surface area contributed by atoms with Crippen molar-refractivity contribution in [3.63, 3.8) is 0 Å². The minimum atomic E-state index is -3.43. The minimum absolute atomic E-state index is 0.472. The molecule has 1 aliphatic rings. The Morgan fingerprint density at radius 1 is 1.12 bits per heavy atom. The fourth-order valence-corrected chi connectivity index (χ4v) is 4.54. The van der Waals surface area contributed by atoms with Gasteiger partial charge in [0.25, 0.3) is 5.56 Å². The fraction of sp³-hybridized carbons (Fsp3) is 0.190. The highest BCUT2D eigenvalue weighted by molar-refractivity contribution is 9.10. The van der Waals surface area contributed by atoms with E-state index in [1.165, 1.54) is 16.8 Å². The van der Waals surface area contributed by atoms with Crippen LogP contribution in [0.5, 0.6) is 5.75 Å². The van der Waals surface area contributed by atoms with Crippen LogP contribution >= 0.6 is 15.9 Å². The van der Waals surface area contributed by atoms with E-state index < -0.39 is 21.3 Å². The lowest BCUT2D eigenvalue weighted by atomic mass is 9.99. The van der Waals surface area contributed by atoms with E-state index in [0.29, 0.717) is 28.0 Å². The highest BCUT2D eigenvalue weighted by atomic mass is 79.9. The molecule has 0 unspecified atom stereocenters. The summed E-state index contributed by atoms with van der Waals surface area (Å²) in [7, 11) is -1.87. The van der Waals surface area contributed by atoms with Gasteiger partial charge < -0.3 is 4.74 Å². The van der Waals surface area contributed by atoms with Crippen LogP contribution in [-0.2, 0) is 16.4 Å². The van der Waals surface area contributed by atoms with Gasteiger partial charge in [-0.3, -0.25) is 14.3 Å². The number of rotatable bonds is 5. The largest absolute Gasteiger partial charge is 0.495 e. The number of aromatic nitrogens is 2. The molecule has 0 aliphatic heterocycles. The van der Waals surface area contributed by atoms with Crippen molar-refractivity contribution in [1.82, 2.24) is 14.4 Å². The molecule has 3 aromatic rings. The first-order chi connectivity index (χ1) is 15.2. The third-order valence-corrected chi connectivity index (χ3v) is 6.05. The van der Waals surface area contributed by atoms with Gasteiger partial charge in [-0.05, 0) is 52.0 Å². The van der Waals surface area contributed by atoms with Crippen molar-refractivity contribution in [3.8, 4) is 22.6 Å². The molecule has 4 rings (SSSR count). The summed E-state index contributed by atoms with van der Waals surface area (Å²) in [6.45, 7) is 0. The number of nitrogens with zero attached hydrogens (tertiary/aromatic N) is 2. The number of aryl methyl sites for hydroxylation is 1. The number of sulfonamides is 1. The standard InChI is InChI=1S/C21H19BrN4O5S/c1-31-20-16(10-14(11-17(20)22)26-8-7-19(27)23-21(26)28)13-3-5-15-12(9-13)4-6-18(15)24-25-32(2,29)30/h3,5,7-11,25H,4,6H2,1-2H3,(H,23,27,28)/b24-18+. The molecule has 0 bridgehead atoms. The number of ether oxygens (including phenoxy) is 1. The van der Waals surface area contributed by atoms with Gasteiger partial charge in [0.2, 0.25) is 10.0 Å². The van der Waals surface area contributed by atoms with Crippen molar-refractivity contribution >= 4 is 31.7 Å². The number of halogens is 1. The molecule has 1 aromatic heterocycles. The zero-order valence-corrected chi connectivity index (χ0v) is 19.6. The first-order valence-electron chi connectivity index (χ1n) is 9.53. The van der Waals surface area contributed by atoms with E-state index >= 15 is 0 Å². The van der Waals surface area contributed by atoms with Gasteiger partial charge in [-0.25, -0.2) is 18.0 Å². The van der Waals surface area contributed by atoms with Crippen LogP contribution < -0.4 is 20.8 Å². The Morgan fingerprint density at radius 2 is 1.91 bits per heavy atom. The Morgan fingerprint density at radius 3 is 2.59 bits per heavy atom. The normalized spacial score (nSPS) is 14.4. The molecule has 0 spiro atoms. The third-order valence-electron chi connectivity index (χ3n) is 5.04. The van der Waals surface area contributed by atoms with Gasteiger partial charge in [0, 0.05) is 23.4 Å². The van der Waals surface area contributed by atoms with E-state index in [2.05, 4.69) is 30.8 Å². The van der Waals surface area contributed by atoms with Crippen LogP contribution in [0.3, 0.4) is 0 Å². The van der Waals surface area contributed by atoms with E-state index in [0.717, 1.165) is 34.9 Å². The van der Waals surface area contributed by atoms with Crippen LogP contribution in [0.15, 0.2) is 61.8 Å². The van der Waals surface area contributed by atoms with Crippen molar-refractivity contribution in [1.29, 1.82) is 0 Å². The predicted octanol–water partition coefficient (Wildman–Crippen LogP) is 2.16. The van der Waals surface area contributed by atoms with Crippen LogP contribution in [-0.4, -0.2) is 37.0 Å². The highest BCUT2D eigenvalue weighted by Gasteiger charge is 2.21. The average molecular weight is 519 g/mol. The van der Waals surface area contributed by atoms with Gasteiger partial charge >= 0.3 is 5.69 Å². The second-order valence-electron chi connectivity index (χ2n) is 7.28. The summed E-state index contributed by atoms with van der Waals surface area (Å²) in [5.41, 5.74) is 3.73. The first-order valence-corrected chi connectivity index (χ1v) is 12.2. The molecule has 11 heteroatoms. The van der Waals surface area contributed by atoms with Crippen molar-refractivity contribution < 1.29 is 13.2 Å². The molecule has 1 heterocycles. The van der Waals surface area contributed by atoms with Gasteiger partial charge in [0.1, 0.15) is 5.75 Å². The number of hydrogen-bond donors (Lipinski definition) is 2. The molecule has 2 aromatic carbocycles. The summed E-state index contributed by atoms with van der Waals surface area (Å²) in [5, 5.41) is 4.04. The molecule has 9 nitrogen and oxygen atoms in total. The SMILES string of the molecule is COc1c(Br)cc(-n2ccc(=O)[nH]c2=O)cc1-c1ccc2c(c1)CC/C2=N\NS(C)(=O)=O. The molecule has 166 valence electrons. The summed E-state index contributed by atoms with van der Waals surface area (Å²) in [6.07, 6.45) is 3.81. The molecule has 1 aliphatic carbocycles. The third kappa shape index (κ3) is 4.39. The summed E-state index contributed by atoms with van der Waals surface area (Å²) in [6, 6.07) is 10.6. The zero-order valence-electron chi connectivity index (χ0n) is 17.2. The summed E-state index contributed by atoms with van der Waals surface area (Å²) >= 11 is 3.51. The van der Waals surface area contributed by atoms with Crippen molar-refractivity contribution in [2.24, 2.45) is 5.10 Å². The van der Waals surface area contributed by atoms with Gasteiger partial charge in [0.05, 0.1) is 29.2 Å². The van der Waals surface area contributed by atoms with Gasteiger partial charge in [-0.15, -0.1) is 0 Å². The monoisotopic (exact) mass is 518 g/mol. The Balaban J connectivity index is 1.81. The van der Waals surface area contributed by atoms with Crippen LogP contribution in [0.25, 0.3) is 16.8 Å². The molecule has 0 atom stereocenters. The molecule has 0 amide bonds. The van der Waals surface area contributed by atoms with Crippen molar-refractivity contribution in [2.75, 3.05) is 13.4 Å². The molecule has 0 saturated heterocycles. The van der Waals surface area contributed by atoms with Crippen molar-refractivity contribution in [3.05, 3.63) is 79.0 Å². The summed E-state index contributed by atoms with van der Waals surface area (Å²) in [4.78, 5) is 28.1. The predicted molar refractivity (Wildman–Crippen MR) is 125 cm³/mol. The van der Waals surface area contributed by atoms with Gasteiger partial charge in [0.15, 0.2) is 0 Å². The van der Waals surface area contributed by atoms with Crippen LogP contribution in [0.1, 0.15) is 17.5 Å². The molecule has 2 N–H and O–H groups in total. The molecule has 0 radical (unpaired) electrons. The van der Waals surface area contributed by atoms with Gasteiger partial charge in [-0.1, -0.05) is 18.2 Å². The Kier molecular flexibility index (Phi) is 5.78. The minimum Gasteiger partial charge on any atom is -0.495 e. The number of methoxy groups -OCH3 is 1. The molecule has 0 saturated carbocycles.